The minimum Gasteiger partial charge on any atom is -0.387 e. The number of halogens is 1. The molecule has 0 aliphatic rings. The van der Waals surface area contributed by atoms with Crippen LogP contribution in [0.5, 0.6) is 0 Å². The number of thiophene rings is 1. The first kappa shape index (κ1) is 13.2. The number of rotatable bonds is 5. The summed E-state index contributed by atoms with van der Waals surface area (Å²) in [6, 6.07) is 8.30. The first-order chi connectivity index (χ1) is 8.66. The third-order valence-electron chi connectivity index (χ3n) is 2.89. The van der Waals surface area contributed by atoms with Crippen LogP contribution in [0.3, 0.4) is 0 Å². The quantitative estimate of drug-likeness (QED) is 0.869. The number of nitrogens with one attached hydrogen (secondary N) is 1. The normalized spacial score (nSPS) is 14.4. The van der Waals surface area contributed by atoms with E-state index in [0.29, 0.717) is 12.1 Å². The molecule has 0 bridgehead atoms. The monoisotopic (exact) mass is 265 g/mol. The molecular formula is C14H16FNOS. The van der Waals surface area contributed by atoms with Gasteiger partial charge >= 0.3 is 0 Å². The molecule has 1 aromatic heterocycles. The van der Waals surface area contributed by atoms with Gasteiger partial charge in [0.1, 0.15) is 5.82 Å². The predicted molar refractivity (Wildman–Crippen MR) is 72.1 cm³/mol. The number of hydrogen-bond donors (Lipinski definition) is 2. The fourth-order valence-electron chi connectivity index (χ4n) is 1.76. The summed E-state index contributed by atoms with van der Waals surface area (Å²) in [5.41, 5.74) is 1.80. The molecule has 0 aliphatic heterocycles. The highest BCUT2D eigenvalue weighted by Crippen LogP contribution is 2.18. The summed E-state index contributed by atoms with van der Waals surface area (Å²) in [5, 5.41) is 17.3. The van der Waals surface area contributed by atoms with Gasteiger partial charge in [-0.2, -0.15) is 11.3 Å². The molecule has 18 heavy (non-hydrogen) atoms. The largest absolute Gasteiger partial charge is 0.387 e. The molecule has 0 radical (unpaired) electrons. The molecular weight excluding hydrogens is 249 g/mol. The van der Waals surface area contributed by atoms with Crippen LogP contribution in [0, 0.1) is 5.82 Å². The maximum absolute atomic E-state index is 13.0. The third-order valence-corrected chi connectivity index (χ3v) is 3.60. The molecule has 0 spiro atoms. The third kappa shape index (κ3) is 3.38. The zero-order valence-electron chi connectivity index (χ0n) is 10.1. The van der Waals surface area contributed by atoms with Gasteiger partial charge in [-0.05, 0) is 47.0 Å². The van der Waals surface area contributed by atoms with E-state index in [4.69, 9.17) is 0 Å². The Labute approximate surface area is 110 Å². The van der Waals surface area contributed by atoms with Gasteiger partial charge in [0, 0.05) is 12.6 Å². The van der Waals surface area contributed by atoms with Crippen LogP contribution >= 0.6 is 11.3 Å². The van der Waals surface area contributed by atoms with Crippen molar-refractivity contribution in [2.75, 3.05) is 6.54 Å². The van der Waals surface area contributed by atoms with Gasteiger partial charge in [-0.1, -0.05) is 12.1 Å². The molecule has 0 aliphatic carbocycles. The Morgan fingerprint density at radius 2 is 2.17 bits per heavy atom. The minimum atomic E-state index is -0.693. The molecule has 2 nitrogen and oxygen atoms in total. The van der Waals surface area contributed by atoms with Gasteiger partial charge in [0.05, 0.1) is 6.10 Å². The number of benzene rings is 1. The van der Waals surface area contributed by atoms with Gasteiger partial charge in [0.2, 0.25) is 0 Å². The van der Waals surface area contributed by atoms with Gasteiger partial charge in [-0.25, -0.2) is 4.39 Å². The average Bonchev–Trinajstić information content (AvgIpc) is 2.89. The number of hydrogen-bond acceptors (Lipinski definition) is 3. The van der Waals surface area contributed by atoms with Crippen LogP contribution in [0.1, 0.15) is 30.2 Å². The SMILES string of the molecule is CC(NCC(O)c1cccc(F)c1)c1ccsc1. The Morgan fingerprint density at radius 3 is 2.83 bits per heavy atom. The smallest absolute Gasteiger partial charge is 0.123 e. The van der Waals surface area contributed by atoms with E-state index in [1.54, 1.807) is 23.5 Å². The lowest BCUT2D eigenvalue weighted by Crippen LogP contribution is -2.24. The van der Waals surface area contributed by atoms with E-state index in [9.17, 15) is 9.50 Å². The molecule has 0 amide bonds. The van der Waals surface area contributed by atoms with Crippen LogP contribution in [0.2, 0.25) is 0 Å². The van der Waals surface area contributed by atoms with Crippen molar-refractivity contribution < 1.29 is 9.50 Å². The lowest BCUT2D eigenvalue weighted by atomic mass is 10.1. The summed E-state index contributed by atoms with van der Waals surface area (Å²) in [4.78, 5) is 0. The summed E-state index contributed by atoms with van der Waals surface area (Å²) in [6.45, 7) is 2.45. The molecule has 2 aromatic rings. The Morgan fingerprint density at radius 1 is 1.33 bits per heavy atom. The van der Waals surface area contributed by atoms with E-state index < -0.39 is 6.10 Å². The Balaban J connectivity index is 1.90. The lowest BCUT2D eigenvalue weighted by molar-refractivity contribution is 0.170. The van der Waals surface area contributed by atoms with Crippen LogP contribution in [0.4, 0.5) is 4.39 Å². The van der Waals surface area contributed by atoms with E-state index >= 15 is 0 Å². The highest BCUT2D eigenvalue weighted by molar-refractivity contribution is 7.07. The van der Waals surface area contributed by atoms with Crippen molar-refractivity contribution in [1.82, 2.24) is 5.32 Å². The summed E-state index contributed by atoms with van der Waals surface area (Å²) in [6.07, 6.45) is -0.693. The molecule has 2 atom stereocenters. The second-order valence-electron chi connectivity index (χ2n) is 4.26. The second kappa shape index (κ2) is 6.09. The van der Waals surface area contributed by atoms with Crippen molar-refractivity contribution in [3.8, 4) is 0 Å². The summed E-state index contributed by atoms with van der Waals surface area (Å²) in [5.74, 6) is -0.322. The van der Waals surface area contributed by atoms with Crippen molar-refractivity contribution in [3.63, 3.8) is 0 Å². The zero-order valence-corrected chi connectivity index (χ0v) is 11.0. The summed E-state index contributed by atoms with van der Waals surface area (Å²) >= 11 is 1.65. The first-order valence-electron chi connectivity index (χ1n) is 5.86. The van der Waals surface area contributed by atoms with E-state index in [1.807, 2.05) is 12.3 Å². The fraction of sp³-hybridized carbons (Fsp3) is 0.286. The minimum absolute atomic E-state index is 0.180. The summed E-state index contributed by atoms with van der Waals surface area (Å²) < 4.78 is 13.0. The van der Waals surface area contributed by atoms with Gasteiger partial charge < -0.3 is 10.4 Å². The van der Waals surface area contributed by atoms with Crippen LogP contribution in [-0.2, 0) is 0 Å². The van der Waals surface area contributed by atoms with Crippen molar-refractivity contribution in [2.45, 2.75) is 19.1 Å². The van der Waals surface area contributed by atoms with Gasteiger partial charge in [-0.15, -0.1) is 0 Å². The van der Waals surface area contributed by atoms with Crippen molar-refractivity contribution >= 4 is 11.3 Å². The van der Waals surface area contributed by atoms with Crippen LogP contribution < -0.4 is 5.32 Å². The van der Waals surface area contributed by atoms with E-state index in [2.05, 4.69) is 16.8 Å². The first-order valence-corrected chi connectivity index (χ1v) is 6.80. The molecule has 1 heterocycles. The van der Waals surface area contributed by atoms with E-state index in [0.717, 1.165) is 0 Å². The maximum Gasteiger partial charge on any atom is 0.123 e. The van der Waals surface area contributed by atoms with Crippen LogP contribution in [0.15, 0.2) is 41.1 Å². The van der Waals surface area contributed by atoms with Crippen LogP contribution in [0.25, 0.3) is 0 Å². The molecule has 2 rings (SSSR count). The Kier molecular flexibility index (Phi) is 4.47. The molecule has 1 aromatic carbocycles. The summed E-state index contributed by atoms with van der Waals surface area (Å²) in [7, 11) is 0. The van der Waals surface area contributed by atoms with E-state index in [1.165, 1.54) is 17.7 Å². The van der Waals surface area contributed by atoms with Gasteiger partial charge in [0.15, 0.2) is 0 Å². The molecule has 4 heteroatoms. The van der Waals surface area contributed by atoms with Crippen LogP contribution in [-0.4, -0.2) is 11.7 Å². The second-order valence-corrected chi connectivity index (χ2v) is 5.04. The molecule has 0 saturated carbocycles. The van der Waals surface area contributed by atoms with Crippen molar-refractivity contribution in [2.24, 2.45) is 0 Å². The number of aliphatic hydroxyl groups excluding tert-OH is 1. The molecule has 0 fully saturated rings. The van der Waals surface area contributed by atoms with Crippen molar-refractivity contribution in [1.29, 1.82) is 0 Å². The van der Waals surface area contributed by atoms with Crippen molar-refractivity contribution in [3.05, 3.63) is 58.0 Å². The standard InChI is InChI=1S/C14H16FNOS/c1-10(12-5-6-18-9-12)16-8-14(17)11-3-2-4-13(15)7-11/h2-7,9-10,14,16-17H,8H2,1H3. The molecule has 0 saturated heterocycles. The van der Waals surface area contributed by atoms with E-state index in [-0.39, 0.29) is 11.9 Å². The topological polar surface area (TPSA) is 32.3 Å². The Bertz CT molecular complexity index is 486. The Hall–Kier alpha value is -1.23. The molecule has 96 valence electrons. The zero-order chi connectivity index (χ0) is 13.0. The molecule has 2 unspecified atom stereocenters. The maximum atomic E-state index is 13.0. The number of aliphatic hydroxyl groups is 1. The lowest BCUT2D eigenvalue weighted by Gasteiger charge is -2.16. The molecule has 2 N–H and O–H groups in total. The highest BCUT2D eigenvalue weighted by atomic mass is 32.1. The fourth-order valence-corrected chi connectivity index (χ4v) is 2.51. The van der Waals surface area contributed by atoms with Gasteiger partial charge in [-0.3, -0.25) is 0 Å². The predicted octanol–water partition coefficient (Wildman–Crippen LogP) is 3.27. The highest BCUT2D eigenvalue weighted by Gasteiger charge is 2.11. The average molecular weight is 265 g/mol. The van der Waals surface area contributed by atoms with Gasteiger partial charge in [0.25, 0.3) is 0 Å².